The number of hydrogen-bond acceptors (Lipinski definition) is 1. The maximum absolute atomic E-state index is 6.13. The quantitative estimate of drug-likeness (QED) is 0.753. The first-order valence-electron chi connectivity index (χ1n) is 6.72. The highest BCUT2D eigenvalue weighted by Crippen LogP contribution is 2.29. The molecule has 0 bridgehead atoms. The van der Waals surface area contributed by atoms with E-state index in [-0.39, 0.29) is 0 Å². The van der Waals surface area contributed by atoms with Crippen LogP contribution >= 0.6 is 11.6 Å². The Morgan fingerprint density at radius 2 is 2.11 bits per heavy atom. The maximum atomic E-state index is 6.13. The first-order valence-corrected chi connectivity index (χ1v) is 7.10. The molecule has 18 heavy (non-hydrogen) atoms. The molecule has 1 aromatic carbocycles. The fraction of sp³-hybridized carbons (Fsp3) is 0.500. The van der Waals surface area contributed by atoms with Crippen molar-refractivity contribution in [2.45, 2.75) is 33.6 Å². The van der Waals surface area contributed by atoms with Gasteiger partial charge in [-0.05, 0) is 56.2 Å². The molecular formula is C16H22ClN. The summed E-state index contributed by atoms with van der Waals surface area (Å²) >= 11 is 6.13. The third-order valence-corrected chi connectivity index (χ3v) is 4.14. The standard InChI is InChI=1S/C16H22ClN/c1-11-7-12(2)9-14(8-11)10-18-16-6-4-5-15(17)13(16)3/h4-7,11,14,18H,8-10H2,1-3H3. The number of hydrogen-bond donors (Lipinski definition) is 1. The second kappa shape index (κ2) is 5.79. The Morgan fingerprint density at radius 3 is 2.83 bits per heavy atom. The molecule has 0 saturated heterocycles. The number of rotatable bonds is 3. The van der Waals surface area contributed by atoms with Gasteiger partial charge in [-0.2, -0.15) is 0 Å². The van der Waals surface area contributed by atoms with Gasteiger partial charge in [-0.3, -0.25) is 0 Å². The zero-order valence-corrected chi connectivity index (χ0v) is 12.2. The van der Waals surface area contributed by atoms with Crippen LogP contribution in [-0.4, -0.2) is 6.54 Å². The molecule has 1 nitrogen and oxygen atoms in total. The highest BCUT2D eigenvalue weighted by molar-refractivity contribution is 6.31. The van der Waals surface area contributed by atoms with Crippen LogP contribution in [0.25, 0.3) is 0 Å². The van der Waals surface area contributed by atoms with Gasteiger partial charge >= 0.3 is 0 Å². The van der Waals surface area contributed by atoms with Crippen LogP contribution < -0.4 is 5.32 Å². The predicted octanol–water partition coefficient (Wildman–Crippen LogP) is 5.05. The lowest BCUT2D eigenvalue weighted by atomic mass is 9.83. The van der Waals surface area contributed by atoms with Crippen LogP contribution in [0.4, 0.5) is 5.69 Å². The highest BCUT2D eigenvalue weighted by atomic mass is 35.5. The number of halogens is 1. The highest BCUT2D eigenvalue weighted by Gasteiger charge is 2.17. The molecule has 2 heteroatoms. The van der Waals surface area contributed by atoms with Gasteiger partial charge in [-0.25, -0.2) is 0 Å². The fourth-order valence-electron chi connectivity index (χ4n) is 2.90. The van der Waals surface area contributed by atoms with Gasteiger partial charge in [0, 0.05) is 17.3 Å². The minimum absolute atomic E-state index is 0.714. The predicted molar refractivity (Wildman–Crippen MR) is 80.3 cm³/mol. The zero-order chi connectivity index (χ0) is 13.1. The van der Waals surface area contributed by atoms with Crippen LogP contribution in [0, 0.1) is 18.8 Å². The van der Waals surface area contributed by atoms with Crippen molar-refractivity contribution in [3.63, 3.8) is 0 Å². The van der Waals surface area contributed by atoms with Crippen LogP contribution in [0.2, 0.25) is 5.02 Å². The van der Waals surface area contributed by atoms with E-state index in [2.05, 4.69) is 38.2 Å². The SMILES string of the molecule is CC1=CC(C)CC(CNc2cccc(Cl)c2C)C1. The van der Waals surface area contributed by atoms with E-state index < -0.39 is 0 Å². The van der Waals surface area contributed by atoms with Crippen LogP contribution in [0.5, 0.6) is 0 Å². The molecule has 2 unspecified atom stereocenters. The number of nitrogens with one attached hydrogen (secondary N) is 1. The largest absolute Gasteiger partial charge is 0.384 e. The topological polar surface area (TPSA) is 12.0 Å². The van der Waals surface area contributed by atoms with Gasteiger partial charge in [0.1, 0.15) is 0 Å². The van der Waals surface area contributed by atoms with E-state index in [9.17, 15) is 0 Å². The molecule has 0 fully saturated rings. The molecule has 0 saturated carbocycles. The molecule has 2 rings (SSSR count). The lowest BCUT2D eigenvalue weighted by Crippen LogP contribution is -2.20. The van der Waals surface area contributed by atoms with Crippen molar-refractivity contribution in [2.24, 2.45) is 11.8 Å². The van der Waals surface area contributed by atoms with Gasteiger partial charge in [0.2, 0.25) is 0 Å². The van der Waals surface area contributed by atoms with E-state index in [1.807, 2.05) is 12.1 Å². The Morgan fingerprint density at radius 1 is 1.33 bits per heavy atom. The van der Waals surface area contributed by atoms with Crippen molar-refractivity contribution in [1.82, 2.24) is 0 Å². The van der Waals surface area contributed by atoms with Crippen LogP contribution in [0.15, 0.2) is 29.8 Å². The zero-order valence-electron chi connectivity index (χ0n) is 11.5. The smallest absolute Gasteiger partial charge is 0.0455 e. The third kappa shape index (κ3) is 3.29. The van der Waals surface area contributed by atoms with Gasteiger partial charge in [-0.1, -0.05) is 36.2 Å². The summed E-state index contributed by atoms with van der Waals surface area (Å²) in [5, 5.41) is 4.39. The van der Waals surface area contributed by atoms with Crippen LogP contribution in [-0.2, 0) is 0 Å². The molecule has 98 valence electrons. The van der Waals surface area contributed by atoms with Gasteiger partial charge in [-0.15, -0.1) is 0 Å². The summed E-state index contributed by atoms with van der Waals surface area (Å²) in [6.45, 7) is 7.66. The summed E-state index contributed by atoms with van der Waals surface area (Å²) in [4.78, 5) is 0. The molecule has 2 atom stereocenters. The molecule has 0 heterocycles. The molecule has 0 amide bonds. The molecule has 0 radical (unpaired) electrons. The van der Waals surface area contributed by atoms with Gasteiger partial charge in [0.15, 0.2) is 0 Å². The first-order chi connectivity index (χ1) is 8.56. The van der Waals surface area contributed by atoms with Gasteiger partial charge < -0.3 is 5.32 Å². The van der Waals surface area contributed by atoms with E-state index in [1.54, 1.807) is 0 Å². The molecule has 1 aliphatic rings. The third-order valence-electron chi connectivity index (χ3n) is 3.73. The second-order valence-electron chi connectivity index (χ2n) is 5.59. The Balaban J connectivity index is 1.96. The van der Waals surface area contributed by atoms with E-state index in [0.29, 0.717) is 5.92 Å². The average Bonchev–Trinajstić information content (AvgIpc) is 2.30. The minimum Gasteiger partial charge on any atom is -0.384 e. The molecular weight excluding hydrogens is 242 g/mol. The summed E-state index contributed by atoms with van der Waals surface area (Å²) in [5.74, 6) is 1.45. The van der Waals surface area contributed by atoms with E-state index in [1.165, 1.54) is 24.1 Å². The molecule has 0 aromatic heterocycles. The van der Waals surface area contributed by atoms with Crippen LogP contribution in [0.3, 0.4) is 0 Å². The molecule has 0 aliphatic heterocycles. The normalized spacial score (nSPS) is 23.7. The lowest BCUT2D eigenvalue weighted by molar-refractivity contribution is 0.421. The fourth-order valence-corrected chi connectivity index (χ4v) is 3.07. The van der Waals surface area contributed by atoms with Crippen molar-refractivity contribution in [2.75, 3.05) is 11.9 Å². The minimum atomic E-state index is 0.714. The van der Waals surface area contributed by atoms with E-state index in [4.69, 9.17) is 11.6 Å². The second-order valence-corrected chi connectivity index (χ2v) is 6.00. The summed E-state index contributed by atoms with van der Waals surface area (Å²) < 4.78 is 0. The van der Waals surface area contributed by atoms with Gasteiger partial charge in [0.25, 0.3) is 0 Å². The Bertz CT molecular complexity index is 450. The Kier molecular flexibility index (Phi) is 4.34. The molecule has 1 aromatic rings. The average molecular weight is 264 g/mol. The van der Waals surface area contributed by atoms with Crippen LogP contribution in [0.1, 0.15) is 32.3 Å². The summed E-state index contributed by atoms with van der Waals surface area (Å²) in [6, 6.07) is 6.06. The van der Waals surface area contributed by atoms with Gasteiger partial charge in [0.05, 0.1) is 0 Å². The van der Waals surface area contributed by atoms with Crippen molar-refractivity contribution in [3.05, 3.63) is 40.4 Å². The van der Waals surface area contributed by atoms with Crippen molar-refractivity contribution in [1.29, 1.82) is 0 Å². The first kappa shape index (κ1) is 13.5. The Labute approximate surface area is 115 Å². The van der Waals surface area contributed by atoms with E-state index >= 15 is 0 Å². The molecule has 1 N–H and O–H groups in total. The Hall–Kier alpha value is -0.950. The maximum Gasteiger partial charge on any atom is 0.0455 e. The summed E-state index contributed by atoms with van der Waals surface area (Å²) in [6.07, 6.45) is 4.90. The number of benzene rings is 1. The number of allylic oxidation sites excluding steroid dienone is 2. The molecule has 0 spiro atoms. The monoisotopic (exact) mass is 263 g/mol. The van der Waals surface area contributed by atoms with E-state index in [0.717, 1.165) is 23.0 Å². The van der Waals surface area contributed by atoms with Crippen molar-refractivity contribution < 1.29 is 0 Å². The summed E-state index contributed by atoms with van der Waals surface area (Å²) in [7, 11) is 0. The lowest BCUT2D eigenvalue weighted by Gasteiger charge is -2.26. The summed E-state index contributed by atoms with van der Waals surface area (Å²) in [5.41, 5.74) is 3.85. The number of anilines is 1. The van der Waals surface area contributed by atoms with Crippen molar-refractivity contribution >= 4 is 17.3 Å². The van der Waals surface area contributed by atoms with Crippen molar-refractivity contribution in [3.8, 4) is 0 Å². The molecule has 1 aliphatic carbocycles.